The summed E-state index contributed by atoms with van der Waals surface area (Å²) in [5.41, 5.74) is 2.33. The van der Waals surface area contributed by atoms with Crippen molar-refractivity contribution in [3.63, 3.8) is 0 Å². The van der Waals surface area contributed by atoms with Crippen LogP contribution in [-0.4, -0.2) is 35.9 Å². The molecule has 1 aromatic rings. The van der Waals surface area contributed by atoms with Crippen LogP contribution in [-0.2, 0) is 6.54 Å². The SMILES string of the molecule is CN=C(NCCCn1nc(C)cc1C)NCC1CCCC(C)C1. The van der Waals surface area contributed by atoms with Gasteiger partial charge in [-0.25, -0.2) is 0 Å². The van der Waals surface area contributed by atoms with Gasteiger partial charge in [-0.3, -0.25) is 9.67 Å². The standard InChI is InChI=1S/C18H33N5/c1-14-7-5-8-17(11-14)13-21-18(19-4)20-9-6-10-23-16(3)12-15(2)22-23/h12,14,17H,5-11,13H2,1-4H3,(H2,19,20,21). The summed E-state index contributed by atoms with van der Waals surface area (Å²) in [6.45, 7) is 9.43. The van der Waals surface area contributed by atoms with E-state index >= 15 is 0 Å². The Morgan fingerprint density at radius 2 is 2.17 bits per heavy atom. The number of nitrogens with zero attached hydrogens (tertiary/aromatic N) is 3. The summed E-state index contributed by atoms with van der Waals surface area (Å²) in [6, 6.07) is 2.12. The van der Waals surface area contributed by atoms with Crippen LogP contribution in [0.15, 0.2) is 11.1 Å². The van der Waals surface area contributed by atoms with Gasteiger partial charge >= 0.3 is 0 Å². The maximum atomic E-state index is 4.49. The van der Waals surface area contributed by atoms with E-state index in [2.05, 4.69) is 45.3 Å². The van der Waals surface area contributed by atoms with Crippen LogP contribution in [0.3, 0.4) is 0 Å². The molecule has 1 saturated carbocycles. The minimum Gasteiger partial charge on any atom is -0.356 e. The van der Waals surface area contributed by atoms with Crippen molar-refractivity contribution in [2.45, 2.75) is 59.4 Å². The fourth-order valence-electron chi connectivity index (χ4n) is 3.54. The molecule has 2 rings (SSSR count). The van der Waals surface area contributed by atoms with Crippen LogP contribution in [0.1, 0.15) is 50.4 Å². The summed E-state index contributed by atoms with van der Waals surface area (Å²) in [4.78, 5) is 4.33. The van der Waals surface area contributed by atoms with Crippen molar-refractivity contribution in [1.29, 1.82) is 0 Å². The Morgan fingerprint density at radius 1 is 1.35 bits per heavy atom. The Hall–Kier alpha value is -1.52. The number of aromatic nitrogens is 2. The summed E-state index contributed by atoms with van der Waals surface area (Å²) in [6.07, 6.45) is 6.52. The third kappa shape index (κ3) is 5.88. The highest BCUT2D eigenvalue weighted by Crippen LogP contribution is 2.27. The lowest BCUT2D eigenvalue weighted by atomic mass is 9.82. The van der Waals surface area contributed by atoms with Gasteiger partial charge in [-0.05, 0) is 51.0 Å². The van der Waals surface area contributed by atoms with E-state index in [-0.39, 0.29) is 0 Å². The molecular weight excluding hydrogens is 286 g/mol. The number of rotatable bonds is 6. The van der Waals surface area contributed by atoms with Crippen molar-refractivity contribution < 1.29 is 0 Å². The normalized spacial score (nSPS) is 22.2. The number of aliphatic imine (C=N–C) groups is 1. The average Bonchev–Trinajstić information content (AvgIpc) is 2.84. The summed E-state index contributed by atoms with van der Waals surface area (Å²) >= 11 is 0. The molecule has 0 spiro atoms. The Morgan fingerprint density at radius 3 is 2.83 bits per heavy atom. The highest BCUT2D eigenvalue weighted by Gasteiger charge is 2.18. The smallest absolute Gasteiger partial charge is 0.190 e. The fourth-order valence-corrected chi connectivity index (χ4v) is 3.54. The first-order chi connectivity index (χ1) is 11.1. The van der Waals surface area contributed by atoms with Gasteiger partial charge < -0.3 is 10.6 Å². The summed E-state index contributed by atoms with van der Waals surface area (Å²) in [5.74, 6) is 2.61. The minimum absolute atomic E-state index is 0.798. The molecule has 0 aliphatic heterocycles. The van der Waals surface area contributed by atoms with E-state index in [0.29, 0.717) is 0 Å². The molecule has 2 unspecified atom stereocenters. The zero-order chi connectivity index (χ0) is 16.7. The summed E-state index contributed by atoms with van der Waals surface area (Å²) in [7, 11) is 1.85. The highest BCUT2D eigenvalue weighted by atomic mass is 15.3. The topological polar surface area (TPSA) is 54.2 Å². The Kier molecular flexibility index (Phi) is 6.93. The molecular formula is C18H33N5. The van der Waals surface area contributed by atoms with E-state index in [0.717, 1.165) is 49.5 Å². The minimum atomic E-state index is 0.798. The zero-order valence-corrected chi connectivity index (χ0v) is 15.2. The van der Waals surface area contributed by atoms with Gasteiger partial charge in [0.05, 0.1) is 5.69 Å². The number of hydrogen-bond donors (Lipinski definition) is 2. The molecule has 1 aliphatic rings. The van der Waals surface area contributed by atoms with Crippen LogP contribution in [0.25, 0.3) is 0 Å². The fraction of sp³-hybridized carbons (Fsp3) is 0.778. The van der Waals surface area contributed by atoms with Crippen molar-refractivity contribution in [2.24, 2.45) is 16.8 Å². The van der Waals surface area contributed by atoms with Crippen LogP contribution >= 0.6 is 0 Å². The molecule has 2 atom stereocenters. The molecule has 2 N–H and O–H groups in total. The molecule has 5 nitrogen and oxygen atoms in total. The van der Waals surface area contributed by atoms with Gasteiger partial charge in [-0.1, -0.05) is 19.8 Å². The lowest BCUT2D eigenvalue weighted by Gasteiger charge is -2.27. The zero-order valence-electron chi connectivity index (χ0n) is 15.2. The quantitative estimate of drug-likeness (QED) is 0.481. The van der Waals surface area contributed by atoms with Gasteiger partial charge in [-0.2, -0.15) is 5.10 Å². The lowest BCUT2D eigenvalue weighted by Crippen LogP contribution is -2.41. The molecule has 1 heterocycles. The van der Waals surface area contributed by atoms with Gasteiger partial charge in [0.1, 0.15) is 0 Å². The maximum absolute atomic E-state index is 4.49. The van der Waals surface area contributed by atoms with Gasteiger partial charge in [0, 0.05) is 32.4 Å². The predicted molar refractivity (Wildman–Crippen MR) is 96.8 cm³/mol. The lowest BCUT2D eigenvalue weighted by molar-refractivity contribution is 0.282. The molecule has 1 aliphatic carbocycles. The second-order valence-electron chi connectivity index (χ2n) is 7.02. The van der Waals surface area contributed by atoms with Crippen LogP contribution in [0, 0.1) is 25.7 Å². The molecule has 1 fully saturated rings. The molecule has 1 aromatic heterocycles. The van der Waals surface area contributed by atoms with Crippen LogP contribution in [0.5, 0.6) is 0 Å². The number of aryl methyl sites for hydroxylation is 3. The van der Waals surface area contributed by atoms with E-state index < -0.39 is 0 Å². The Labute approximate surface area is 141 Å². The van der Waals surface area contributed by atoms with E-state index in [1.54, 1.807) is 0 Å². The van der Waals surface area contributed by atoms with Crippen molar-refractivity contribution in [3.05, 3.63) is 17.5 Å². The third-order valence-corrected chi connectivity index (χ3v) is 4.77. The van der Waals surface area contributed by atoms with Crippen molar-refractivity contribution in [3.8, 4) is 0 Å². The van der Waals surface area contributed by atoms with E-state index in [9.17, 15) is 0 Å². The molecule has 5 heteroatoms. The number of guanidine groups is 1. The second-order valence-corrected chi connectivity index (χ2v) is 7.02. The molecule has 0 bridgehead atoms. The summed E-state index contributed by atoms with van der Waals surface area (Å²) in [5, 5.41) is 11.4. The van der Waals surface area contributed by atoms with Crippen molar-refractivity contribution in [2.75, 3.05) is 20.1 Å². The van der Waals surface area contributed by atoms with Crippen LogP contribution in [0.4, 0.5) is 0 Å². The number of hydrogen-bond acceptors (Lipinski definition) is 2. The molecule has 0 saturated heterocycles. The molecule has 130 valence electrons. The second kappa shape index (κ2) is 8.94. The Balaban J connectivity index is 1.64. The van der Waals surface area contributed by atoms with E-state index in [1.807, 2.05) is 14.0 Å². The predicted octanol–water partition coefficient (Wildman–Crippen LogP) is 2.88. The van der Waals surface area contributed by atoms with Crippen molar-refractivity contribution >= 4 is 5.96 Å². The third-order valence-electron chi connectivity index (χ3n) is 4.77. The van der Waals surface area contributed by atoms with Gasteiger partial charge in [0.2, 0.25) is 0 Å². The first kappa shape index (κ1) is 17.8. The first-order valence-electron chi connectivity index (χ1n) is 9.04. The highest BCUT2D eigenvalue weighted by molar-refractivity contribution is 5.79. The monoisotopic (exact) mass is 319 g/mol. The van der Waals surface area contributed by atoms with Crippen molar-refractivity contribution in [1.82, 2.24) is 20.4 Å². The van der Waals surface area contributed by atoms with Gasteiger partial charge in [0.15, 0.2) is 5.96 Å². The molecule has 23 heavy (non-hydrogen) atoms. The van der Waals surface area contributed by atoms with Crippen LogP contribution in [0.2, 0.25) is 0 Å². The van der Waals surface area contributed by atoms with E-state index in [4.69, 9.17) is 0 Å². The van der Waals surface area contributed by atoms with Gasteiger partial charge in [-0.15, -0.1) is 0 Å². The number of nitrogens with one attached hydrogen (secondary N) is 2. The molecule has 0 amide bonds. The first-order valence-corrected chi connectivity index (χ1v) is 9.04. The average molecular weight is 319 g/mol. The summed E-state index contributed by atoms with van der Waals surface area (Å²) < 4.78 is 2.08. The molecule has 0 aromatic carbocycles. The molecule has 0 radical (unpaired) electrons. The largest absolute Gasteiger partial charge is 0.356 e. The van der Waals surface area contributed by atoms with E-state index in [1.165, 1.54) is 31.4 Å². The maximum Gasteiger partial charge on any atom is 0.190 e. The Bertz CT molecular complexity index is 506. The van der Waals surface area contributed by atoms with Gasteiger partial charge in [0.25, 0.3) is 0 Å². The van der Waals surface area contributed by atoms with Crippen LogP contribution < -0.4 is 10.6 Å².